The zero-order valence-corrected chi connectivity index (χ0v) is 15.4. The maximum Gasteiger partial charge on any atom is 0.257 e. The highest BCUT2D eigenvalue weighted by atomic mass is 35.5. The molecule has 1 aliphatic heterocycles. The molecule has 1 aliphatic rings. The van der Waals surface area contributed by atoms with Crippen LogP contribution < -0.4 is 5.32 Å². The van der Waals surface area contributed by atoms with Crippen LogP contribution in [-0.2, 0) is 6.54 Å². The van der Waals surface area contributed by atoms with Gasteiger partial charge in [0.05, 0.1) is 12.1 Å². The van der Waals surface area contributed by atoms with Crippen molar-refractivity contribution >= 4 is 23.3 Å². The second kappa shape index (κ2) is 7.80. The molecule has 1 aromatic carbocycles. The molecule has 3 heterocycles. The molecule has 1 fully saturated rings. The summed E-state index contributed by atoms with van der Waals surface area (Å²) in [6.45, 7) is 2.00. The number of anilines is 1. The number of nitrogens with one attached hydrogen (secondary N) is 1. The molecule has 4 rings (SSSR count). The number of nitrogens with zero attached hydrogens (tertiary/aromatic N) is 3. The van der Waals surface area contributed by atoms with Crippen molar-refractivity contribution in [3.05, 3.63) is 65.0 Å². The Morgan fingerprint density at radius 1 is 1.19 bits per heavy atom. The van der Waals surface area contributed by atoms with E-state index in [1.165, 1.54) is 0 Å². The van der Waals surface area contributed by atoms with Gasteiger partial charge in [0.15, 0.2) is 5.76 Å². The van der Waals surface area contributed by atoms with Gasteiger partial charge in [-0.1, -0.05) is 28.9 Å². The molecule has 0 bridgehead atoms. The van der Waals surface area contributed by atoms with E-state index in [4.69, 9.17) is 16.1 Å². The minimum Gasteiger partial charge on any atom is -0.362 e. The van der Waals surface area contributed by atoms with Gasteiger partial charge in [-0.15, -0.1) is 0 Å². The topological polar surface area (TPSA) is 71.3 Å². The Labute approximate surface area is 162 Å². The number of aromatic nitrogens is 2. The van der Waals surface area contributed by atoms with E-state index in [9.17, 15) is 4.79 Å². The van der Waals surface area contributed by atoms with E-state index in [2.05, 4.69) is 15.5 Å². The summed E-state index contributed by atoms with van der Waals surface area (Å²) in [5, 5.41) is 7.97. The fourth-order valence-electron chi connectivity index (χ4n) is 3.13. The number of pyridine rings is 1. The maximum absolute atomic E-state index is 12.7. The van der Waals surface area contributed by atoms with Gasteiger partial charge >= 0.3 is 0 Å². The first kappa shape index (κ1) is 17.5. The quantitative estimate of drug-likeness (QED) is 0.714. The second-order valence-electron chi connectivity index (χ2n) is 6.44. The molecule has 0 aliphatic carbocycles. The highest BCUT2D eigenvalue weighted by Crippen LogP contribution is 2.23. The fraction of sp³-hybridized carbons (Fsp3) is 0.250. The minimum atomic E-state index is 0.0162. The summed E-state index contributed by atoms with van der Waals surface area (Å²) in [6, 6.07) is 12.9. The van der Waals surface area contributed by atoms with Crippen molar-refractivity contribution in [2.75, 3.05) is 18.4 Å². The molecule has 0 spiro atoms. The largest absolute Gasteiger partial charge is 0.362 e. The van der Waals surface area contributed by atoms with Crippen molar-refractivity contribution in [3.8, 4) is 11.3 Å². The molecular formula is C20H19ClN4O2. The first-order valence-corrected chi connectivity index (χ1v) is 9.28. The number of carbonyl (C=O) groups excluding carboxylic acids is 1. The normalized spacial score (nSPS) is 13.7. The molecule has 0 saturated carbocycles. The molecule has 6 nitrogen and oxygen atoms in total. The summed E-state index contributed by atoms with van der Waals surface area (Å²) in [7, 11) is 0. The van der Waals surface area contributed by atoms with Crippen LogP contribution in [0.15, 0.2) is 53.2 Å². The zero-order chi connectivity index (χ0) is 18.6. The number of likely N-dealkylation sites (tertiary alicyclic amines) is 1. The molecular weight excluding hydrogens is 364 g/mol. The predicted octanol–water partition coefficient (Wildman–Crippen LogP) is 4.24. The lowest BCUT2D eigenvalue weighted by Gasteiger charge is -2.17. The number of halogens is 1. The standard InChI is InChI=1S/C20H19ClN4O2/c21-15-7-5-14(6-8-15)18-12-16(27-24-18)13-23-19-17(4-3-9-22-19)20(26)25-10-1-2-11-25/h3-9,12H,1-2,10-11,13H2,(H,22,23). The molecule has 1 amide bonds. The molecule has 0 radical (unpaired) electrons. The van der Waals surface area contributed by atoms with Gasteiger partial charge in [-0.25, -0.2) is 4.98 Å². The van der Waals surface area contributed by atoms with Crippen LogP contribution in [-0.4, -0.2) is 34.0 Å². The van der Waals surface area contributed by atoms with Gasteiger partial charge in [0.2, 0.25) is 0 Å². The first-order chi connectivity index (χ1) is 13.2. The van der Waals surface area contributed by atoms with Crippen molar-refractivity contribution in [3.63, 3.8) is 0 Å². The number of rotatable bonds is 5. The van der Waals surface area contributed by atoms with E-state index in [0.717, 1.165) is 37.2 Å². The number of hydrogen-bond acceptors (Lipinski definition) is 5. The van der Waals surface area contributed by atoms with E-state index in [1.54, 1.807) is 18.3 Å². The van der Waals surface area contributed by atoms with Gasteiger partial charge in [0.25, 0.3) is 5.91 Å². The Morgan fingerprint density at radius 3 is 2.74 bits per heavy atom. The second-order valence-corrected chi connectivity index (χ2v) is 6.87. The van der Waals surface area contributed by atoms with E-state index < -0.39 is 0 Å². The van der Waals surface area contributed by atoms with Crippen LogP contribution in [0.1, 0.15) is 29.0 Å². The van der Waals surface area contributed by atoms with Gasteiger partial charge in [-0.2, -0.15) is 0 Å². The molecule has 2 aromatic heterocycles. The Morgan fingerprint density at radius 2 is 1.96 bits per heavy atom. The highest BCUT2D eigenvalue weighted by molar-refractivity contribution is 6.30. The van der Waals surface area contributed by atoms with Crippen LogP contribution in [0.25, 0.3) is 11.3 Å². The average Bonchev–Trinajstić information content (AvgIpc) is 3.39. The molecule has 138 valence electrons. The summed E-state index contributed by atoms with van der Waals surface area (Å²) >= 11 is 5.92. The molecule has 0 unspecified atom stereocenters. The maximum atomic E-state index is 12.7. The van der Waals surface area contributed by atoms with Crippen LogP contribution in [0.2, 0.25) is 5.02 Å². The number of benzene rings is 1. The Bertz CT molecular complexity index is 933. The number of amides is 1. The van der Waals surface area contributed by atoms with Crippen molar-refractivity contribution in [1.29, 1.82) is 0 Å². The van der Waals surface area contributed by atoms with Crippen molar-refractivity contribution in [1.82, 2.24) is 15.0 Å². The highest BCUT2D eigenvalue weighted by Gasteiger charge is 2.22. The molecule has 3 aromatic rings. The van der Waals surface area contributed by atoms with Crippen molar-refractivity contribution in [2.24, 2.45) is 0 Å². The van der Waals surface area contributed by atoms with E-state index >= 15 is 0 Å². The van der Waals surface area contributed by atoms with Crippen LogP contribution in [0, 0.1) is 0 Å². The molecule has 7 heteroatoms. The zero-order valence-electron chi connectivity index (χ0n) is 14.7. The van der Waals surface area contributed by atoms with Gasteiger partial charge in [-0.3, -0.25) is 4.79 Å². The molecule has 27 heavy (non-hydrogen) atoms. The summed E-state index contributed by atoms with van der Waals surface area (Å²) in [4.78, 5) is 18.9. The molecule has 1 N–H and O–H groups in total. The lowest BCUT2D eigenvalue weighted by Crippen LogP contribution is -2.28. The Balaban J connectivity index is 1.46. The smallest absolute Gasteiger partial charge is 0.257 e. The lowest BCUT2D eigenvalue weighted by atomic mass is 10.1. The van der Waals surface area contributed by atoms with Gasteiger partial charge < -0.3 is 14.7 Å². The van der Waals surface area contributed by atoms with Gasteiger partial charge in [0, 0.05) is 35.9 Å². The van der Waals surface area contributed by atoms with Gasteiger partial charge in [0.1, 0.15) is 11.5 Å². The summed E-state index contributed by atoms with van der Waals surface area (Å²) in [5.41, 5.74) is 2.24. The summed E-state index contributed by atoms with van der Waals surface area (Å²) < 4.78 is 5.40. The first-order valence-electron chi connectivity index (χ1n) is 8.90. The Kier molecular flexibility index (Phi) is 5.07. The number of hydrogen-bond donors (Lipinski definition) is 1. The third-order valence-electron chi connectivity index (χ3n) is 4.56. The van der Waals surface area contributed by atoms with E-state index in [1.807, 2.05) is 35.2 Å². The van der Waals surface area contributed by atoms with Crippen LogP contribution in [0.5, 0.6) is 0 Å². The number of carbonyl (C=O) groups is 1. The van der Waals surface area contributed by atoms with Crippen molar-refractivity contribution < 1.29 is 9.32 Å². The predicted molar refractivity (Wildman–Crippen MR) is 104 cm³/mol. The lowest BCUT2D eigenvalue weighted by molar-refractivity contribution is 0.0793. The Hall–Kier alpha value is -2.86. The minimum absolute atomic E-state index is 0.0162. The SMILES string of the molecule is O=C(c1cccnc1NCc1cc(-c2ccc(Cl)cc2)no1)N1CCCC1. The van der Waals surface area contributed by atoms with Crippen molar-refractivity contribution in [2.45, 2.75) is 19.4 Å². The molecule has 0 atom stereocenters. The third-order valence-corrected chi connectivity index (χ3v) is 4.81. The van der Waals surface area contributed by atoms with Crippen LogP contribution in [0.3, 0.4) is 0 Å². The average molecular weight is 383 g/mol. The van der Waals surface area contributed by atoms with Gasteiger partial charge in [-0.05, 0) is 37.1 Å². The van der Waals surface area contributed by atoms with Crippen LogP contribution in [0.4, 0.5) is 5.82 Å². The summed E-state index contributed by atoms with van der Waals surface area (Å²) in [5.74, 6) is 1.23. The van der Waals surface area contributed by atoms with Crippen LogP contribution >= 0.6 is 11.6 Å². The monoisotopic (exact) mass is 382 g/mol. The summed E-state index contributed by atoms with van der Waals surface area (Å²) in [6.07, 6.45) is 3.78. The van der Waals surface area contributed by atoms with E-state index in [-0.39, 0.29) is 5.91 Å². The molecule has 1 saturated heterocycles. The van der Waals surface area contributed by atoms with E-state index in [0.29, 0.717) is 28.7 Å². The third kappa shape index (κ3) is 3.95. The fourth-order valence-corrected chi connectivity index (χ4v) is 3.26.